The van der Waals surface area contributed by atoms with Gasteiger partial charge in [0.15, 0.2) is 0 Å². The summed E-state index contributed by atoms with van der Waals surface area (Å²) >= 11 is 0. The van der Waals surface area contributed by atoms with E-state index in [0.717, 1.165) is 25.9 Å². The summed E-state index contributed by atoms with van der Waals surface area (Å²) in [5.41, 5.74) is 1.22. The van der Waals surface area contributed by atoms with E-state index >= 15 is 0 Å². The van der Waals surface area contributed by atoms with Crippen molar-refractivity contribution in [3.8, 4) is 0 Å². The van der Waals surface area contributed by atoms with E-state index in [-0.39, 0.29) is 10.6 Å². The average molecular weight is 405 g/mol. The highest BCUT2D eigenvalue weighted by Crippen LogP contribution is 2.19. The largest absolute Gasteiger partial charge is 0.331 e. The van der Waals surface area contributed by atoms with Gasteiger partial charge in [0.25, 0.3) is 5.69 Å². The number of hydrogen-bond donors (Lipinski definition) is 1. The minimum atomic E-state index is -3.61. The van der Waals surface area contributed by atoms with Gasteiger partial charge in [0.2, 0.25) is 10.0 Å². The fraction of sp³-hybridized carbons (Fsp3) is 0.400. The van der Waals surface area contributed by atoms with E-state index in [0.29, 0.717) is 19.1 Å². The monoisotopic (exact) mass is 404 g/mol. The Hall–Kier alpha value is -2.29. The molecule has 28 heavy (non-hydrogen) atoms. The van der Waals surface area contributed by atoms with Gasteiger partial charge >= 0.3 is 0 Å². The molecule has 3 rings (SSSR count). The van der Waals surface area contributed by atoms with Gasteiger partial charge in [-0.25, -0.2) is 8.42 Å². The molecule has 0 unspecified atom stereocenters. The van der Waals surface area contributed by atoms with Crippen LogP contribution in [0.2, 0.25) is 0 Å². The number of nitro benzene ring substituents is 1. The third-order valence-corrected chi connectivity index (χ3v) is 7.37. The number of sulfonamides is 1. The fourth-order valence-corrected chi connectivity index (χ4v) is 5.07. The zero-order valence-corrected chi connectivity index (χ0v) is 16.8. The number of piperazine rings is 1. The van der Waals surface area contributed by atoms with Crippen molar-refractivity contribution in [1.82, 2.24) is 4.31 Å². The van der Waals surface area contributed by atoms with Crippen LogP contribution in [0.15, 0.2) is 59.5 Å². The number of non-ortho nitro benzene ring substituents is 1. The van der Waals surface area contributed by atoms with Crippen molar-refractivity contribution in [2.24, 2.45) is 0 Å². The molecular weight excluding hydrogens is 378 g/mol. The first-order valence-corrected chi connectivity index (χ1v) is 10.9. The van der Waals surface area contributed by atoms with Crippen molar-refractivity contribution in [1.29, 1.82) is 0 Å². The number of rotatable bonds is 7. The first kappa shape index (κ1) is 20.4. The highest BCUT2D eigenvalue weighted by molar-refractivity contribution is 7.89. The second kappa shape index (κ2) is 8.81. The summed E-state index contributed by atoms with van der Waals surface area (Å²) in [6.07, 6.45) is 2.09. The average Bonchev–Trinajstić information content (AvgIpc) is 2.73. The lowest BCUT2D eigenvalue weighted by molar-refractivity contribution is -0.927. The topological polar surface area (TPSA) is 85.0 Å². The molecule has 2 aromatic rings. The SMILES string of the molecule is C[C@H](CCc1ccccc1)[NH+]1CCN(S(=O)(=O)c2ccc([N+](=O)[O-])cc2)CC1. The molecule has 8 heteroatoms. The minimum Gasteiger partial charge on any atom is -0.331 e. The van der Waals surface area contributed by atoms with Gasteiger partial charge in [-0.2, -0.15) is 4.31 Å². The van der Waals surface area contributed by atoms with Crippen molar-refractivity contribution >= 4 is 15.7 Å². The van der Waals surface area contributed by atoms with E-state index in [9.17, 15) is 18.5 Å². The first-order valence-electron chi connectivity index (χ1n) is 9.51. The molecule has 150 valence electrons. The molecule has 0 radical (unpaired) electrons. The zero-order chi connectivity index (χ0) is 20.1. The normalized spacial score (nSPS) is 17.3. The quantitative estimate of drug-likeness (QED) is 0.560. The maximum absolute atomic E-state index is 12.8. The number of nitrogens with zero attached hydrogens (tertiary/aromatic N) is 2. The van der Waals surface area contributed by atoms with Gasteiger partial charge in [-0.1, -0.05) is 30.3 Å². The highest BCUT2D eigenvalue weighted by Gasteiger charge is 2.32. The number of hydrogen-bond acceptors (Lipinski definition) is 4. The summed E-state index contributed by atoms with van der Waals surface area (Å²) < 4.78 is 27.1. The molecule has 0 bridgehead atoms. The second-order valence-electron chi connectivity index (χ2n) is 7.24. The molecular formula is C20H26N3O4S+. The van der Waals surface area contributed by atoms with Crippen LogP contribution < -0.4 is 4.90 Å². The number of nitro groups is 1. The molecule has 0 aromatic heterocycles. The van der Waals surface area contributed by atoms with E-state index in [4.69, 9.17) is 0 Å². The standard InChI is InChI=1S/C20H25N3O4S/c1-17(7-8-18-5-3-2-4-6-18)21-13-15-22(16-14-21)28(26,27)20-11-9-19(10-12-20)23(24)25/h2-6,9-12,17H,7-8,13-16H2,1H3/p+1/t17-/m1/s1. The summed E-state index contributed by atoms with van der Waals surface area (Å²) in [5, 5.41) is 10.8. The Labute approximate surface area is 165 Å². The third-order valence-electron chi connectivity index (χ3n) is 5.46. The maximum Gasteiger partial charge on any atom is 0.269 e. The second-order valence-corrected chi connectivity index (χ2v) is 9.18. The van der Waals surface area contributed by atoms with Crippen LogP contribution in [0.1, 0.15) is 18.9 Å². The van der Waals surface area contributed by atoms with Crippen molar-refractivity contribution in [3.05, 3.63) is 70.3 Å². The molecule has 2 aromatic carbocycles. The van der Waals surface area contributed by atoms with Crippen LogP contribution in [0.4, 0.5) is 5.69 Å². The van der Waals surface area contributed by atoms with Gasteiger partial charge in [0, 0.05) is 18.6 Å². The Bertz CT molecular complexity index is 893. The van der Waals surface area contributed by atoms with Crippen LogP contribution in [0, 0.1) is 10.1 Å². The van der Waals surface area contributed by atoms with Gasteiger partial charge < -0.3 is 4.90 Å². The van der Waals surface area contributed by atoms with E-state index in [1.54, 1.807) is 0 Å². The van der Waals surface area contributed by atoms with Crippen LogP contribution in [-0.2, 0) is 16.4 Å². The van der Waals surface area contributed by atoms with Crippen LogP contribution in [0.25, 0.3) is 0 Å². The predicted octanol–water partition coefficient (Wildman–Crippen LogP) is 1.51. The lowest BCUT2D eigenvalue weighted by Gasteiger charge is -2.34. The van der Waals surface area contributed by atoms with Gasteiger partial charge in [-0.05, 0) is 31.0 Å². The summed E-state index contributed by atoms with van der Waals surface area (Å²) in [7, 11) is -3.61. The van der Waals surface area contributed by atoms with E-state index in [2.05, 4.69) is 31.2 Å². The smallest absolute Gasteiger partial charge is 0.269 e. The molecule has 0 aliphatic carbocycles. The fourth-order valence-electron chi connectivity index (χ4n) is 3.63. The summed E-state index contributed by atoms with van der Waals surface area (Å²) in [6, 6.07) is 16.0. The predicted molar refractivity (Wildman–Crippen MR) is 107 cm³/mol. The van der Waals surface area contributed by atoms with E-state index in [1.165, 1.54) is 39.0 Å². The van der Waals surface area contributed by atoms with Gasteiger partial charge in [-0.15, -0.1) is 0 Å². The molecule has 1 fully saturated rings. The minimum absolute atomic E-state index is 0.110. The first-order chi connectivity index (χ1) is 13.4. The summed E-state index contributed by atoms with van der Waals surface area (Å²) in [5.74, 6) is 0. The van der Waals surface area contributed by atoms with E-state index < -0.39 is 14.9 Å². The van der Waals surface area contributed by atoms with Crippen LogP contribution >= 0.6 is 0 Å². The lowest BCUT2D eigenvalue weighted by Crippen LogP contribution is -3.18. The summed E-state index contributed by atoms with van der Waals surface area (Å²) in [4.78, 5) is 11.8. The van der Waals surface area contributed by atoms with Crippen molar-refractivity contribution < 1.29 is 18.2 Å². The number of quaternary nitrogens is 1. The van der Waals surface area contributed by atoms with Gasteiger partial charge in [0.1, 0.15) is 0 Å². The molecule has 7 nitrogen and oxygen atoms in total. The summed E-state index contributed by atoms with van der Waals surface area (Å²) in [6.45, 7) is 4.68. The van der Waals surface area contributed by atoms with Crippen molar-refractivity contribution in [2.45, 2.75) is 30.7 Å². The molecule has 1 aliphatic heterocycles. The Balaban J connectivity index is 1.55. The lowest BCUT2D eigenvalue weighted by atomic mass is 10.0. The molecule has 1 N–H and O–H groups in total. The highest BCUT2D eigenvalue weighted by atomic mass is 32.2. The van der Waals surface area contributed by atoms with Crippen LogP contribution in [0.3, 0.4) is 0 Å². The Kier molecular flexibility index (Phi) is 6.43. The molecule has 0 amide bonds. The Morgan fingerprint density at radius 2 is 1.68 bits per heavy atom. The van der Waals surface area contributed by atoms with E-state index in [1.807, 2.05) is 6.07 Å². The number of nitrogens with one attached hydrogen (secondary N) is 1. The zero-order valence-electron chi connectivity index (χ0n) is 16.0. The van der Waals surface area contributed by atoms with Crippen LogP contribution in [-0.4, -0.2) is 49.9 Å². The Morgan fingerprint density at radius 1 is 1.07 bits per heavy atom. The molecule has 1 aliphatic rings. The molecule has 1 atom stereocenters. The number of benzene rings is 2. The third kappa shape index (κ3) is 4.76. The number of aryl methyl sites for hydroxylation is 1. The molecule has 0 spiro atoms. The van der Waals surface area contributed by atoms with Crippen LogP contribution in [0.5, 0.6) is 0 Å². The molecule has 1 heterocycles. The Morgan fingerprint density at radius 3 is 2.25 bits per heavy atom. The van der Waals surface area contributed by atoms with Gasteiger partial charge in [-0.3, -0.25) is 10.1 Å². The molecule has 0 saturated carbocycles. The van der Waals surface area contributed by atoms with Gasteiger partial charge in [0.05, 0.1) is 42.0 Å². The maximum atomic E-state index is 12.8. The molecule has 1 saturated heterocycles. The van der Waals surface area contributed by atoms with Crippen molar-refractivity contribution in [2.75, 3.05) is 26.2 Å². The van der Waals surface area contributed by atoms with Crippen molar-refractivity contribution in [3.63, 3.8) is 0 Å².